The van der Waals surface area contributed by atoms with E-state index >= 15 is 0 Å². The maximum absolute atomic E-state index is 10.1. The highest BCUT2D eigenvalue weighted by atomic mass is 32.1. The first-order valence-electron chi connectivity index (χ1n) is 5.18. The lowest BCUT2D eigenvalue weighted by Gasteiger charge is -2.08. The van der Waals surface area contributed by atoms with Crippen LogP contribution in [0, 0.1) is 13.8 Å². The van der Waals surface area contributed by atoms with Crippen molar-refractivity contribution in [2.75, 3.05) is 0 Å². The Morgan fingerprint density at radius 3 is 2.75 bits per heavy atom. The van der Waals surface area contributed by atoms with Gasteiger partial charge in [-0.1, -0.05) is 6.07 Å². The van der Waals surface area contributed by atoms with E-state index in [2.05, 4.69) is 9.97 Å². The second-order valence-corrected chi connectivity index (χ2v) is 4.96. The van der Waals surface area contributed by atoms with Gasteiger partial charge in [0.1, 0.15) is 0 Å². The molecule has 3 nitrogen and oxygen atoms in total. The molecule has 0 amide bonds. The number of hydrogen-bond donors (Lipinski definition) is 1. The van der Waals surface area contributed by atoms with Crippen LogP contribution in [0.25, 0.3) is 0 Å². The van der Waals surface area contributed by atoms with Crippen molar-refractivity contribution in [3.63, 3.8) is 0 Å². The van der Waals surface area contributed by atoms with Gasteiger partial charge in [-0.25, -0.2) is 4.98 Å². The Bertz CT molecular complexity index is 467. The molecule has 0 radical (unpaired) electrons. The number of hydrogen-bond acceptors (Lipinski definition) is 4. The number of aromatic nitrogens is 2. The minimum absolute atomic E-state index is 0.499. The molecule has 16 heavy (non-hydrogen) atoms. The van der Waals surface area contributed by atoms with Crippen molar-refractivity contribution in [1.29, 1.82) is 0 Å². The molecule has 2 aromatic rings. The number of pyridine rings is 1. The van der Waals surface area contributed by atoms with Gasteiger partial charge in [0, 0.05) is 18.3 Å². The molecule has 0 aliphatic rings. The monoisotopic (exact) mass is 234 g/mol. The summed E-state index contributed by atoms with van der Waals surface area (Å²) in [6.45, 7) is 3.88. The average Bonchev–Trinajstić information content (AvgIpc) is 2.59. The molecule has 0 bridgehead atoms. The summed E-state index contributed by atoms with van der Waals surface area (Å²) in [5, 5.41) is 11.1. The molecule has 2 heterocycles. The third-order valence-electron chi connectivity index (χ3n) is 2.37. The second kappa shape index (κ2) is 4.72. The van der Waals surface area contributed by atoms with E-state index in [4.69, 9.17) is 0 Å². The summed E-state index contributed by atoms with van der Waals surface area (Å²) < 4.78 is 0. The van der Waals surface area contributed by atoms with Gasteiger partial charge in [0.25, 0.3) is 0 Å². The smallest absolute Gasteiger partial charge is 0.0956 e. The number of aliphatic hydroxyl groups is 1. The summed E-state index contributed by atoms with van der Waals surface area (Å²) in [4.78, 5) is 9.46. The van der Waals surface area contributed by atoms with E-state index in [-0.39, 0.29) is 0 Å². The molecule has 84 valence electrons. The van der Waals surface area contributed by atoms with Crippen LogP contribution in [-0.4, -0.2) is 15.1 Å². The zero-order chi connectivity index (χ0) is 11.5. The molecular weight excluding hydrogens is 220 g/mol. The van der Waals surface area contributed by atoms with Gasteiger partial charge in [0.2, 0.25) is 0 Å². The first-order valence-corrected chi connectivity index (χ1v) is 6.00. The zero-order valence-electron chi connectivity index (χ0n) is 9.34. The zero-order valence-corrected chi connectivity index (χ0v) is 10.2. The number of aliphatic hydroxyl groups excluding tert-OH is 1. The summed E-state index contributed by atoms with van der Waals surface area (Å²) in [5.74, 6) is 0. The molecule has 1 N–H and O–H groups in total. The van der Waals surface area contributed by atoms with Gasteiger partial charge in [-0.2, -0.15) is 0 Å². The first-order chi connectivity index (χ1) is 7.66. The summed E-state index contributed by atoms with van der Waals surface area (Å²) in [6, 6.07) is 5.73. The van der Waals surface area contributed by atoms with Gasteiger partial charge in [0.15, 0.2) is 0 Å². The van der Waals surface area contributed by atoms with Crippen LogP contribution in [0.3, 0.4) is 0 Å². The Labute approximate surface area is 98.8 Å². The van der Waals surface area contributed by atoms with E-state index in [1.165, 1.54) is 0 Å². The maximum atomic E-state index is 10.1. The number of nitrogens with zero attached hydrogens (tertiary/aromatic N) is 2. The lowest BCUT2D eigenvalue weighted by molar-refractivity contribution is 0.180. The Kier molecular flexibility index (Phi) is 3.31. The maximum Gasteiger partial charge on any atom is 0.0956 e. The predicted molar refractivity (Wildman–Crippen MR) is 64.5 cm³/mol. The lowest BCUT2D eigenvalue weighted by Crippen LogP contribution is -2.02. The van der Waals surface area contributed by atoms with Gasteiger partial charge in [0.05, 0.1) is 21.7 Å². The fraction of sp³-hybridized carbons (Fsp3) is 0.333. The summed E-state index contributed by atoms with van der Waals surface area (Å²) in [5.41, 5.74) is 1.83. The Morgan fingerprint density at radius 1 is 1.38 bits per heavy atom. The van der Waals surface area contributed by atoms with E-state index in [1.807, 2.05) is 32.0 Å². The van der Waals surface area contributed by atoms with Crippen LogP contribution < -0.4 is 0 Å². The van der Waals surface area contributed by atoms with E-state index in [0.717, 1.165) is 21.3 Å². The molecule has 0 saturated heterocycles. The van der Waals surface area contributed by atoms with Crippen molar-refractivity contribution < 1.29 is 5.11 Å². The van der Waals surface area contributed by atoms with Crippen molar-refractivity contribution in [3.8, 4) is 0 Å². The quantitative estimate of drug-likeness (QED) is 0.887. The highest BCUT2D eigenvalue weighted by Gasteiger charge is 2.15. The molecule has 0 spiro atoms. The summed E-state index contributed by atoms with van der Waals surface area (Å²) in [6.07, 6.45) is 1.79. The van der Waals surface area contributed by atoms with Crippen LogP contribution in [0.5, 0.6) is 0 Å². The fourth-order valence-electron chi connectivity index (χ4n) is 1.67. The number of rotatable bonds is 3. The molecule has 0 saturated carbocycles. The van der Waals surface area contributed by atoms with Gasteiger partial charge >= 0.3 is 0 Å². The minimum atomic E-state index is -0.499. The van der Waals surface area contributed by atoms with Crippen LogP contribution in [0.1, 0.15) is 27.4 Å². The molecule has 0 aliphatic heterocycles. The normalized spacial score (nSPS) is 12.7. The van der Waals surface area contributed by atoms with Crippen molar-refractivity contribution in [2.24, 2.45) is 0 Å². The van der Waals surface area contributed by atoms with Crippen LogP contribution in [0.15, 0.2) is 24.4 Å². The summed E-state index contributed by atoms with van der Waals surface area (Å²) >= 11 is 1.55. The van der Waals surface area contributed by atoms with E-state index in [9.17, 15) is 5.11 Å². The van der Waals surface area contributed by atoms with Crippen molar-refractivity contribution in [1.82, 2.24) is 9.97 Å². The highest BCUT2D eigenvalue weighted by Crippen LogP contribution is 2.26. The predicted octanol–water partition coefficient (Wildman–Crippen LogP) is 2.43. The Morgan fingerprint density at radius 2 is 2.19 bits per heavy atom. The van der Waals surface area contributed by atoms with Gasteiger partial charge in [-0.05, 0) is 26.0 Å². The van der Waals surface area contributed by atoms with Crippen molar-refractivity contribution >= 4 is 11.3 Å². The minimum Gasteiger partial charge on any atom is -0.387 e. The highest BCUT2D eigenvalue weighted by molar-refractivity contribution is 7.11. The molecule has 2 aromatic heterocycles. The molecule has 4 heteroatoms. The van der Waals surface area contributed by atoms with Crippen LogP contribution in [0.4, 0.5) is 0 Å². The number of aryl methyl sites for hydroxylation is 2. The van der Waals surface area contributed by atoms with E-state index in [1.54, 1.807) is 17.5 Å². The molecule has 0 aliphatic carbocycles. The van der Waals surface area contributed by atoms with Crippen molar-refractivity contribution in [2.45, 2.75) is 26.4 Å². The van der Waals surface area contributed by atoms with Crippen molar-refractivity contribution in [3.05, 3.63) is 45.7 Å². The topological polar surface area (TPSA) is 46.0 Å². The van der Waals surface area contributed by atoms with Crippen LogP contribution in [0.2, 0.25) is 0 Å². The molecule has 2 rings (SSSR count). The third-order valence-corrected chi connectivity index (χ3v) is 3.54. The van der Waals surface area contributed by atoms with E-state index in [0.29, 0.717) is 6.42 Å². The summed E-state index contributed by atoms with van der Waals surface area (Å²) in [7, 11) is 0. The molecule has 0 aromatic carbocycles. The van der Waals surface area contributed by atoms with E-state index < -0.39 is 6.10 Å². The van der Waals surface area contributed by atoms with Gasteiger partial charge in [-0.15, -0.1) is 11.3 Å². The Balaban J connectivity index is 2.14. The fourth-order valence-corrected chi connectivity index (χ4v) is 2.58. The Hall–Kier alpha value is -1.26. The number of thiazole rings is 1. The third kappa shape index (κ3) is 2.46. The van der Waals surface area contributed by atoms with Crippen LogP contribution >= 0.6 is 11.3 Å². The lowest BCUT2D eigenvalue weighted by atomic mass is 10.1. The average molecular weight is 234 g/mol. The molecule has 1 atom stereocenters. The van der Waals surface area contributed by atoms with Gasteiger partial charge < -0.3 is 5.11 Å². The van der Waals surface area contributed by atoms with Crippen LogP contribution in [-0.2, 0) is 6.42 Å². The first kappa shape index (κ1) is 11.2. The van der Waals surface area contributed by atoms with Gasteiger partial charge in [-0.3, -0.25) is 4.98 Å². The molecule has 0 fully saturated rings. The molecular formula is C12H14N2OS. The molecule has 1 unspecified atom stereocenters. The standard InChI is InChI=1S/C12H14N2OS/c1-8-12(16-9(2)14-8)11(15)7-10-5-3-4-6-13-10/h3-6,11,15H,7H2,1-2H3. The largest absolute Gasteiger partial charge is 0.387 e. The second-order valence-electron chi connectivity index (χ2n) is 3.72. The SMILES string of the molecule is Cc1nc(C)c(C(O)Cc2ccccn2)s1.